The van der Waals surface area contributed by atoms with Crippen molar-refractivity contribution in [3.05, 3.63) is 64.3 Å². The highest BCUT2D eigenvalue weighted by Gasteiger charge is 2.07. The van der Waals surface area contributed by atoms with Crippen LogP contribution < -0.4 is 5.56 Å². The van der Waals surface area contributed by atoms with E-state index in [4.69, 9.17) is 0 Å². The predicted octanol–water partition coefficient (Wildman–Crippen LogP) is 2.50. The molecule has 0 fully saturated rings. The van der Waals surface area contributed by atoms with E-state index >= 15 is 0 Å². The molecule has 6 heteroatoms. The number of aryl methyl sites for hydroxylation is 2. The zero-order chi connectivity index (χ0) is 14.8. The summed E-state index contributed by atoms with van der Waals surface area (Å²) in [6.45, 7) is 2.01. The molecule has 5 nitrogen and oxygen atoms in total. The number of aromatic amines is 1. The minimum absolute atomic E-state index is 0.0453. The average Bonchev–Trinajstić information content (AvgIpc) is 3.02. The summed E-state index contributed by atoms with van der Waals surface area (Å²) in [6.07, 6.45) is 3.67. The van der Waals surface area contributed by atoms with Gasteiger partial charge in [-0.15, -0.1) is 0 Å². The molecule has 0 saturated carbocycles. The van der Waals surface area contributed by atoms with Gasteiger partial charge in [0, 0.05) is 37.0 Å². The Morgan fingerprint density at radius 3 is 2.90 bits per heavy atom. The minimum atomic E-state index is -0.0453. The zero-order valence-corrected chi connectivity index (χ0v) is 12.7. The number of thioether (sulfide) groups is 1. The summed E-state index contributed by atoms with van der Waals surface area (Å²) in [7, 11) is 1.95. The van der Waals surface area contributed by atoms with Gasteiger partial charge in [0.2, 0.25) is 0 Å². The molecule has 0 saturated heterocycles. The van der Waals surface area contributed by atoms with Crippen LogP contribution in [0.5, 0.6) is 0 Å². The SMILES string of the molecule is Cc1cccc(-n2[nH]c(CSc3nccn3C)cc2=O)c1. The maximum absolute atomic E-state index is 12.1. The van der Waals surface area contributed by atoms with Crippen LogP contribution in [0, 0.1) is 6.92 Å². The molecule has 0 unspecified atom stereocenters. The molecule has 21 heavy (non-hydrogen) atoms. The summed E-state index contributed by atoms with van der Waals surface area (Å²) in [5.41, 5.74) is 2.82. The molecular formula is C15H16N4OS. The fraction of sp³-hybridized carbons (Fsp3) is 0.200. The molecule has 1 aromatic carbocycles. The Hall–Kier alpha value is -2.21. The monoisotopic (exact) mass is 300 g/mol. The molecule has 0 atom stereocenters. The van der Waals surface area contributed by atoms with Gasteiger partial charge in [0.1, 0.15) is 0 Å². The molecule has 0 aliphatic rings. The largest absolute Gasteiger partial charge is 0.329 e. The third-order valence-corrected chi connectivity index (χ3v) is 4.27. The maximum atomic E-state index is 12.1. The number of nitrogens with zero attached hydrogens (tertiary/aromatic N) is 3. The first-order valence-corrected chi connectivity index (χ1v) is 7.60. The van der Waals surface area contributed by atoms with E-state index in [1.54, 1.807) is 28.7 Å². The van der Waals surface area contributed by atoms with E-state index in [0.717, 1.165) is 22.1 Å². The van der Waals surface area contributed by atoms with Gasteiger partial charge in [-0.05, 0) is 24.6 Å². The molecule has 0 aliphatic carbocycles. The van der Waals surface area contributed by atoms with Crippen LogP contribution in [0.1, 0.15) is 11.3 Å². The van der Waals surface area contributed by atoms with Crippen molar-refractivity contribution in [1.82, 2.24) is 19.3 Å². The Morgan fingerprint density at radius 2 is 2.19 bits per heavy atom. The third-order valence-electron chi connectivity index (χ3n) is 3.17. The van der Waals surface area contributed by atoms with Crippen molar-refractivity contribution in [3.8, 4) is 5.69 Å². The first kappa shape index (κ1) is 13.8. The van der Waals surface area contributed by atoms with E-state index in [-0.39, 0.29) is 5.56 Å². The molecule has 0 bridgehead atoms. The Morgan fingerprint density at radius 1 is 1.33 bits per heavy atom. The van der Waals surface area contributed by atoms with Crippen molar-refractivity contribution in [1.29, 1.82) is 0 Å². The molecule has 3 rings (SSSR count). The highest BCUT2D eigenvalue weighted by Crippen LogP contribution is 2.19. The van der Waals surface area contributed by atoms with Crippen molar-refractivity contribution in [2.45, 2.75) is 17.8 Å². The van der Waals surface area contributed by atoms with Gasteiger partial charge in [-0.1, -0.05) is 23.9 Å². The number of H-pyrrole nitrogens is 1. The van der Waals surface area contributed by atoms with E-state index in [0.29, 0.717) is 5.75 Å². The summed E-state index contributed by atoms with van der Waals surface area (Å²) in [5.74, 6) is 0.679. The summed E-state index contributed by atoms with van der Waals surface area (Å²) in [6, 6.07) is 9.49. The van der Waals surface area contributed by atoms with Gasteiger partial charge in [0.25, 0.3) is 5.56 Å². The lowest BCUT2D eigenvalue weighted by Gasteiger charge is -2.03. The van der Waals surface area contributed by atoms with Crippen molar-refractivity contribution in [3.63, 3.8) is 0 Å². The molecule has 108 valence electrons. The summed E-state index contributed by atoms with van der Waals surface area (Å²) in [5, 5.41) is 4.08. The van der Waals surface area contributed by atoms with Crippen LogP contribution in [0.15, 0.2) is 52.7 Å². The topological polar surface area (TPSA) is 55.6 Å². The minimum Gasteiger partial charge on any atom is -0.329 e. The molecule has 3 aromatic rings. The third kappa shape index (κ3) is 2.95. The lowest BCUT2D eigenvalue weighted by molar-refractivity contribution is 0.788. The molecule has 0 spiro atoms. The highest BCUT2D eigenvalue weighted by atomic mass is 32.2. The summed E-state index contributed by atoms with van der Waals surface area (Å²) >= 11 is 1.60. The van der Waals surface area contributed by atoms with Crippen molar-refractivity contribution in [2.24, 2.45) is 7.05 Å². The lowest BCUT2D eigenvalue weighted by Crippen LogP contribution is -2.13. The number of hydrogen-bond donors (Lipinski definition) is 1. The van der Waals surface area contributed by atoms with Crippen LogP contribution >= 0.6 is 11.8 Å². The summed E-state index contributed by atoms with van der Waals surface area (Å²) in [4.78, 5) is 16.3. The van der Waals surface area contributed by atoms with Crippen LogP contribution in [0.3, 0.4) is 0 Å². The highest BCUT2D eigenvalue weighted by molar-refractivity contribution is 7.98. The van der Waals surface area contributed by atoms with E-state index < -0.39 is 0 Å². The number of rotatable bonds is 4. The Balaban J connectivity index is 1.82. The van der Waals surface area contributed by atoms with Crippen LogP contribution in [-0.2, 0) is 12.8 Å². The Labute approximate surface area is 126 Å². The standard InChI is InChI=1S/C15H16N4OS/c1-11-4-3-5-13(8-11)19-14(20)9-12(17-19)10-21-15-16-6-7-18(15)2/h3-9,17H,10H2,1-2H3. The van der Waals surface area contributed by atoms with Crippen LogP contribution in [0.4, 0.5) is 0 Å². The second-order valence-electron chi connectivity index (χ2n) is 4.90. The normalized spacial score (nSPS) is 11.0. The van der Waals surface area contributed by atoms with Gasteiger partial charge in [-0.3, -0.25) is 9.89 Å². The number of aromatic nitrogens is 4. The number of hydrogen-bond acceptors (Lipinski definition) is 3. The summed E-state index contributed by atoms with van der Waals surface area (Å²) < 4.78 is 3.53. The number of nitrogens with one attached hydrogen (secondary N) is 1. The van der Waals surface area contributed by atoms with Gasteiger partial charge >= 0.3 is 0 Å². The molecule has 2 aromatic heterocycles. The smallest absolute Gasteiger partial charge is 0.271 e. The molecule has 0 amide bonds. The van der Waals surface area contributed by atoms with Gasteiger partial charge in [0.05, 0.1) is 5.69 Å². The Kier molecular flexibility index (Phi) is 3.70. The van der Waals surface area contributed by atoms with Crippen LogP contribution in [-0.4, -0.2) is 19.3 Å². The fourth-order valence-electron chi connectivity index (χ4n) is 2.11. The lowest BCUT2D eigenvalue weighted by atomic mass is 10.2. The van der Waals surface area contributed by atoms with Crippen LogP contribution in [0.2, 0.25) is 0 Å². The zero-order valence-electron chi connectivity index (χ0n) is 11.9. The number of imidazole rings is 1. The van der Waals surface area contributed by atoms with Gasteiger partial charge in [-0.2, -0.15) is 0 Å². The van der Waals surface area contributed by atoms with Crippen molar-refractivity contribution >= 4 is 11.8 Å². The first-order valence-electron chi connectivity index (χ1n) is 6.61. The van der Waals surface area contributed by atoms with Crippen LogP contribution in [0.25, 0.3) is 5.69 Å². The van der Waals surface area contributed by atoms with Crippen molar-refractivity contribution in [2.75, 3.05) is 0 Å². The van der Waals surface area contributed by atoms with E-state index in [9.17, 15) is 4.79 Å². The van der Waals surface area contributed by atoms with Gasteiger partial charge < -0.3 is 4.57 Å². The second kappa shape index (κ2) is 5.65. The predicted molar refractivity (Wildman–Crippen MR) is 83.9 cm³/mol. The molecular weight excluding hydrogens is 284 g/mol. The first-order chi connectivity index (χ1) is 10.1. The molecule has 1 N–H and O–H groups in total. The van der Waals surface area contributed by atoms with E-state index in [2.05, 4.69) is 10.1 Å². The molecule has 2 heterocycles. The quantitative estimate of drug-likeness (QED) is 0.753. The molecule has 0 aliphatic heterocycles. The Bertz CT molecular complexity index is 815. The molecule has 0 radical (unpaired) electrons. The van der Waals surface area contributed by atoms with Gasteiger partial charge in [-0.25, -0.2) is 9.67 Å². The van der Waals surface area contributed by atoms with E-state index in [1.165, 1.54) is 0 Å². The van der Waals surface area contributed by atoms with Crippen molar-refractivity contribution < 1.29 is 0 Å². The number of benzene rings is 1. The average molecular weight is 300 g/mol. The van der Waals surface area contributed by atoms with Gasteiger partial charge in [0.15, 0.2) is 5.16 Å². The maximum Gasteiger partial charge on any atom is 0.271 e. The fourth-order valence-corrected chi connectivity index (χ4v) is 2.94. The van der Waals surface area contributed by atoms with E-state index in [1.807, 2.05) is 49.0 Å². The second-order valence-corrected chi connectivity index (χ2v) is 5.85.